The molecule has 0 saturated carbocycles. The molecule has 10 nitrogen and oxygen atoms in total. The molecule has 0 aliphatic rings. The number of nitro groups is 1. The number of rotatable bonds is 8. The van der Waals surface area contributed by atoms with Crippen molar-refractivity contribution in [2.45, 2.75) is 19.6 Å². The lowest BCUT2D eigenvalue weighted by molar-refractivity contribution is -0.579. The summed E-state index contributed by atoms with van der Waals surface area (Å²) in [4.78, 5) is 22.5. The molecule has 0 rings (SSSR count). The van der Waals surface area contributed by atoms with Crippen molar-refractivity contribution in [3.05, 3.63) is 10.1 Å². The third-order valence-corrected chi connectivity index (χ3v) is 2.70. The van der Waals surface area contributed by atoms with Crippen LogP contribution in [0.2, 0.25) is 0 Å². The van der Waals surface area contributed by atoms with Crippen LogP contribution in [0.15, 0.2) is 0 Å². The van der Waals surface area contributed by atoms with Crippen molar-refractivity contribution in [3.8, 4) is 0 Å². The zero-order valence-corrected chi connectivity index (χ0v) is 12.7. The molecule has 0 saturated heterocycles. The van der Waals surface area contributed by atoms with Crippen LogP contribution in [-0.2, 0) is 0 Å². The predicted octanol–water partition coefficient (Wildman–Crippen LogP) is -1.16. The van der Waals surface area contributed by atoms with Gasteiger partial charge in [0.25, 0.3) is 0 Å². The van der Waals surface area contributed by atoms with Crippen LogP contribution in [0.1, 0.15) is 13.8 Å². The highest BCUT2D eigenvalue weighted by molar-refractivity contribution is 5.73. The summed E-state index contributed by atoms with van der Waals surface area (Å²) in [5, 5.41) is 20.5. The van der Waals surface area contributed by atoms with E-state index in [4.69, 9.17) is 5.73 Å². The van der Waals surface area contributed by atoms with Gasteiger partial charge in [0.1, 0.15) is 6.54 Å². The van der Waals surface area contributed by atoms with Gasteiger partial charge in [0.05, 0.1) is 4.92 Å². The lowest BCUT2D eigenvalue weighted by atomic mass is 10.3. The maximum Gasteiger partial charge on any atom is 0.347 e. The van der Waals surface area contributed by atoms with E-state index in [1.165, 1.54) is 22.2 Å². The first kappa shape index (κ1) is 18.5. The highest BCUT2D eigenvalue weighted by atomic mass is 16.6. The first-order chi connectivity index (χ1) is 9.23. The van der Waals surface area contributed by atoms with E-state index in [9.17, 15) is 14.9 Å². The van der Waals surface area contributed by atoms with Crippen LogP contribution >= 0.6 is 0 Å². The number of hydrazine groups is 2. The standard InChI is InChI=1S/C10H25N7O3/c1-6-13-9(18)16(14(4)5)15(7-2)8-10(11,12-3)17(19)20/h12H,6-8,11H2,1-5H3,(H,13,18). The van der Waals surface area contributed by atoms with Gasteiger partial charge in [-0.05, 0) is 14.0 Å². The summed E-state index contributed by atoms with van der Waals surface area (Å²) in [7, 11) is 4.74. The van der Waals surface area contributed by atoms with Crippen molar-refractivity contribution in [3.63, 3.8) is 0 Å². The van der Waals surface area contributed by atoms with Gasteiger partial charge in [-0.15, -0.1) is 0 Å². The van der Waals surface area contributed by atoms with Gasteiger partial charge in [-0.25, -0.2) is 15.1 Å². The molecule has 4 N–H and O–H groups in total. The normalized spacial score (nSPS) is 14.2. The number of carbonyl (C=O) groups is 1. The van der Waals surface area contributed by atoms with Crippen molar-refractivity contribution in [1.29, 1.82) is 0 Å². The third-order valence-electron chi connectivity index (χ3n) is 2.70. The van der Waals surface area contributed by atoms with E-state index in [0.29, 0.717) is 13.1 Å². The smallest absolute Gasteiger partial charge is 0.336 e. The number of carbonyl (C=O) groups excluding carboxylic acids is 1. The molecular weight excluding hydrogens is 266 g/mol. The highest BCUT2D eigenvalue weighted by Crippen LogP contribution is 2.07. The maximum atomic E-state index is 12.0. The Bertz CT molecular complexity index is 339. The highest BCUT2D eigenvalue weighted by Gasteiger charge is 2.41. The number of nitrogens with one attached hydrogen (secondary N) is 2. The number of nitrogens with zero attached hydrogens (tertiary/aromatic N) is 4. The molecule has 0 heterocycles. The van der Waals surface area contributed by atoms with E-state index in [1.807, 2.05) is 0 Å². The van der Waals surface area contributed by atoms with E-state index in [-0.39, 0.29) is 12.6 Å². The average Bonchev–Trinajstić information content (AvgIpc) is 2.37. The number of likely N-dealkylation sites (N-methyl/N-ethyl adjacent to an activating group) is 2. The molecule has 0 radical (unpaired) electrons. The number of hydrogen-bond donors (Lipinski definition) is 3. The van der Waals surface area contributed by atoms with Gasteiger partial charge in [0.2, 0.25) is 0 Å². The number of hydrogen-bond acceptors (Lipinski definition) is 7. The van der Waals surface area contributed by atoms with Crippen LogP contribution in [-0.4, -0.2) is 72.7 Å². The third kappa shape index (κ3) is 4.56. The van der Waals surface area contributed by atoms with Crippen LogP contribution in [0.25, 0.3) is 0 Å². The van der Waals surface area contributed by atoms with Gasteiger partial charge < -0.3 is 5.32 Å². The second-order valence-electron chi connectivity index (χ2n) is 4.38. The van der Waals surface area contributed by atoms with Crippen molar-refractivity contribution in [2.24, 2.45) is 5.73 Å². The Labute approximate surface area is 118 Å². The molecule has 20 heavy (non-hydrogen) atoms. The Morgan fingerprint density at radius 1 is 1.40 bits per heavy atom. The summed E-state index contributed by atoms with van der Waals surface area (Å²) in [6.45, 7) is 4.24. The Kier molecular flexibility index (Phi) is 7.35. The van der Waals surface area contributed by atoms with E-state index in [1.54, 1.807) is 27.9 Å². The van der Waals surface area contributed by atoms with Gasteiger partial charge in [-0.1, -0.05) is 6.92 Å². The summed E-state index contributed by atoms with van der Waals surface area (Å²) < 4.78 is 0. The Morgan fingerprint density at radius 3 is 2.25 bits per heavy atom. The van der Waals surface area contributed by atoms with Crippen molar-refractivity contribution >= 4 is 6.03 Å². The molecule has 1 unspecified atom stereocenters. The molecule has 0 aliphatic carbocycles. The van der Waals surface area contributed by atoms with Crippen LogP contribution in [0.4, 0.5) is 4.79 Å². The lowest BCUT2D eigenvalue weighted by Gasteiger charge is -2.39. The zero-order chi connectivity index (χ0) is 15.9. The first-order valence-corrected chi connectivity index (χ1v) is 6.35. The first-order valence-electron chi connectivity index (χ1n) is 6.35. The molecule has 0 aromatic heterocycles. The minimum absolute atomic E-state index is 0.164. The molecule has 0 aromatic carbocycles. The number of nitrogens with two attached hydrogens (primary N) is 1. The molecule has 0 aromatic rings. The fourth-order valence-corrected chi connectivity index (χ4v) is 1.60. The zero-order valence-electron chi connectivity index (χ0n) is 12.7. The summed E-state index contributed by atoms with van der Waals surface area (Å²) in [5.41, 5.74) is 5.70. The SMILES string of the molecule is CCNC(=O)N(N(C)C)N(CC)CC(N)(NC)[N+](=O)[O-]. The molecule has 0 bridgehead atoms. The summed E-state index contributed by atoms with van der Waals surface area (Å²) in [6.07, 6.45) is 0. The van der Waals surface area contributed by atoms with Crippen LogP contribution in [0.5, 0.6) is 0 Å². The van der Waals surface area contributed by atoms with Crippen molar-refractivity contribution in [1.82, 2.24) is 25.8 Å². The predicted molar refractivity (Wildman–Crippen MR) is 74.8 cm³/mol. The molecule has 0 fully saturated rings. The summed E-state index contributed by atoms with van der Waals surface area (Å²) in [6, 6.07) is -0.374. The second kappa shape index (κ2) is 7.94. The van der Waals surface area contributed by atoms with Gasteiger partial charge in [0, 0.05) is 27.2 Å². The van der Waals surface area contributed by atoms with E-state index in [2.05, 4.69) is 10.6 Å². The maximum absolute atomic E-state index is 12.0. The molecule has 118 valence electrons. The van der Waals surface area contributed by atoms with Gasteiger partial charge in [0.15, 0.2) is 0 Å². The van der Waals surface area contributed by atoms with Gasteiger partial charge >= 0.3 is 11.8 Å². The topological polar surface area (TPSA) is 120 Å². The fourth-order valence-electron chi connectivity index (χ4n) is 1.60. The monoisotopic (exact) mass is 291 g/mol. The molecule has 1 atom stereocenters. The van der Waals surface area contributed by atoms with E-state index >= 15 is 0 Å². The quantitative estimate of drug-likeness (QED) is 0.293. The Morgan fingerprint density at radius 2 is 1.95 bits per heavy atom. The number of amides is 2. The second-order valence-corrected chi connectivity index (χ2v) is 4.38. The number of urea groups is 1. The molecule has 0 aliphatic heterocycles. The molecular formula is C10H25N7O3. The largest absolute Gasteiger partial charge is 0.347 e. The molecule has 0 spiro atoms. The Balaban J connectivity index is 5.19. The van der Waals surface area contributed by atoms with Gasteiger partial charge in [-0.2, -0.15) is 10.1 Å². The van der Waals surface area contributed by atoms with Crippen LogP contribution < -0.4 is 16.4 Å². The lowest BCUT2D eigenvalue weighted by Crippen LogP contribution is -2.68. The Hall–Kier alpha value is -1.49. The van der Waals surface area contributed by atoms with Gasteiger partial charge in [-0.3, -0.25) is 15.8 Å². The van der Waals surface area contributed by atoms with Crippen molar-refractivity contribution in [2.75, 3.05) is 40.8 Å². The van der Waals surface area contributed by atoms with E-state index in [0.717, 1.165) is 0 Å². The van der Waals surface area contributed by atoms with E-state index < -0.39 is 10.7 Å². The van der Waals surface area contributed by atoms with Crippen LogP contribution in [0.3, 0.4) is 0 Å². The summed E-state index contributed by atoms with van der Waals surface area (Å²) >= 11 is 0. The molecule has 10 heteroatoms. The molecule has 2 amide bonds. The average molecular weight is 291 g/mol. The minimum atomic E-state index is -1.84. The summed E-state index contributed by atoms with van der Waals surface area (Å²) in [5.74, 6) is -1.84. The fraction of sp³-hybridized carbons (Fsp3) is 0.900. The minimum Gasteiger partial charge on any atom is -0.336 e. The van der Waals surface area contributed by atoms with Crippen LogP contribution in [0, 0.1) is 10.1 Å². The van der Waals surface area contributed by atoms with Crippen molar-refractivity contribution < 1.29 is 9.72 Å².